The summed E-state index contributed by atoms with van der Waals surface area (Å²) in [6.07, 6.45) is 0. The fourth-order valence-corrected chi connectivity index (χ4v) is 3.73. The molecule has 1 aliphatic rings. The first-order chi connectivity index (χ1) is 16.3. The lowest BCUT2D eigenvalue weighted by Gasteiger charge is -2.28. The summed E-state index contributed by atoms with van der Waals surface area (Å²) >= 11 is 0. The maximum Gasteiger partial charge on any atom is 0.338 e. The molecule has 0 saturated heterocycles. The topological polar surface area (TPSA) is 124 Å². The van der Waals surface area contributed by atoms with Crippen LogP contribution in [-0.2, 0) is 19.1 Å². The van der Waals surface area contributed by atoms with E-state index in [9.17, 15) is 14.9 Å². The van der Waals surface area contributed by atoms with Gasteiger partial charge in [0, 0.05) is 11.3 Å². The normalized spacial score (nSPS) is 15.3. The van der Waals surface area contributed by atoms with Crippen LogP contribution in [0.2, 0.25) is 0 Å². The SMILES string of the molecule is CCOC(=O)C1=C(C)OC(N)=C(C#N)C1c1ccccc1OCC(=O)Nc1cccc(C)c1C. The molecular formula is C26H27N3O5. The van der Waals surface area contributed by atoms with Crippen molar-refractivity contribution in [2.24, 2.45) is 5.73 Å². The summed E-state index contributed by atoms with van der Waals surface area (Å²) in [7, 11) is 0. The van der Waals surface area contributed by atoms with Crippen molar-refractivity contribution in [1.29, 1.82) is 5.26 Å². The van der Waals surface area contributed by atoms with E-state index in [-0.39, 0.29) is 41.9 Å². The lowest BCUT2D eigenvalue weighted by Crippen LogP contribution is -2.26. The van der Waals surface area contributed by atoms with Gasteiger partial charge in [0.2, 0.25) is 5.88 Å². The Morgan fingerprint density at radius 2 is 1.88 bits per heavy atom. The summed E-state index contributed by atoms with van der Waals surface area (Å²) in [6.45, 7) is 7.05. The molecule has 1 aliphatic heterocycles. The zero-order chi connectivity index (χ0) is 24.8. The Morgan fingerprint density at radius 1 is 1.15 bits per heavy atom. The van der Waals surface area contributed by atoms with Gasteiger partial charge in [-0.15, -0.1) is 0 Å². The molecule has 3 N–H and O–H groups in total. The van der Waals surface area contributed by atoms with Gasteiger partial charge in [-0.2, -0.15) is 5.26 Å². The average molecular weight is 462 g/mol. The number of nitrogens with one attached hydrogen (secondary N) is 1. The number of ether oxygens (including phenoxy) is 3. The summed E-state index contributed by atoms with van der Waals surface area (Å²) < 4.78 is 16.5. The van der Waals surface area contributed by atoms with E-state index in [0.29, 0.717) is 17.0 Å². The molecule has 0 radical (unpaired) electrons. The van der Waals surface area contributed by atoms with E-state index in [1.807, 2.05) is 38.1 Å². The minimum Gasteiger partial charge on any atom is -0.483 e. The number of esters is 1. The first-order valence-electron chi connectivity index (χ1n) is 10.8. The van der Waals surface area contributed by atoms with Gasteiger partial charge >= 0.3 is 5.97 Å². The maximum absolute atomic E-state index is 12.8. The van der Waals surface area contributed by atoms with E-state index < -0.39 is 11.9 Å². The van der Waals surface area contributed by atoms with Crippen molar-refractivity contribution in [3.8, 4) is 11.8 Å². The molecule has 1 atom stereocenters. The van der Waals surface area contributed by atoms with E-state index in [0.717, 1.165) is 11.1 Å². The number of benzene rings is 2. The molecular weight excluding hydrogens is 434 g/mol. The third-order valence-electron chi connectivity index (χ3n) is 5.57. The van der Waals surface area contributed by atoms with Crippen molar-refractivity contribution in [1.82, 2.24) is 0 Å². The monoisotopic (exact) mass is 461 g/mol. The number of nitriles is 1. The van der Waals surface area contributed by atoms with Crippen molar-refractivity contribution < 1.29 is 23.8 Å². The fraction of sp³-hybridized carbons (Fsp3) is 0.269. The second-order valence-electron chi connectivity index (χ2n) is 7.74. The van der Waals surface area contributed by atoms with E-state index >= 15 is 0 Å². The Hall–Kier alpha value is -4.25. The quantitative estimate of drug-likeness (QED) is 0.598. The Morgan fingerprint density at radius 3 is 2.59 bits per heavy atom. The van der Waals surface area contributed by atoms with Crippen LogP contribution in [0.1, 0.15) is 36.5 Å². The van der Waals surface area contributed by atoms with Gasteiger partial charge in [-0.1, -0.05) is 30.3 Å². The zero-order valence-electron chi connectivity index (χ0n) is 19.6. The van der Waals surface area contributed by atoms with Crippen LogP contribution >= 0.6 is 0 Å². The van der Waals surface area contributed by atoms with E-state index in [4.69, 9.17) is 19.9 Å². The summed E-state index contributed by atoms with van der Waals surface area (Å²) in [5, 5.41) is 12.6. The molecule has 3 rings (SSSR count). The molecule has 0 saturated carbocycles. The summed E-state index contributed by atoms with van der Waals surface area (Å²) in [4.78, 5) is 25.4. The zero-order valence-corrected chi connectivity index (χ0v) is 19.6. The highest BCUT2D eigenvalue weighted by molar-refractivity contribution is 5.93. The highest BCUT2D eigenvalue weighted by atomic mass is 16.5. The number of anilines is 1. The first-order valence-corrected chi connectivity index (χ1v) is 10.8. The van der Waals surface area contributed by atoms with Gasteiger partial charge in [0.15, 0.2) is 6.61 Å². The van der Waals surface area contributed by atoms with Gasteiger partial charge in [0.05, 0.1) is 18.1 Å². The molecule has 0 aromatic heterocycles. The molecule has 176 valence electrons. The first kappa shape index (κ1) is 24.4. The minimum atomic E-state index is -0.865. The molecule has 2 aromatic carbocycles. The molecule has 8 nitrogen and oxygen atoms in total. The van der Waals surface area contributed by atoms with Crippen molar-refractivity contribution >= 4 is 17.6 Å². The molecule has 0 aliphatic carbocycles. The lowest BCUT2D eigenvalue weighted by molar-refractivity contribution is -0.139. The molecule has 0 bridgehead atoms. The maximum atomic E-state index is 12.8. The average Bonchev–Trinajstić information content (AvgIpc) is 2.80. The van der Waals surface area contributed by atoms with Crippen molar-refractivity contribution in [2.75, 3.05) is 18.5 Å². The van der Waals surface area contributed by atoms with Gasteiger partial charge in [0.1, 0.15) is 23.2 Å². The number of allylic oxidation sites excluding steroid dienone is 2. The summed E-state index contributed by atoms with van der Waals surface area (Å²) in [5.41, 5.74) is 9.42. The minimum absolute atomic E-state index is 0.0598. The Kier molecular flexibility index (Phi) is 7.59. The summed E-state index contributed by atoms with van der Waals surface area (Å²) in [5.74, 6) is -1.35. The van der Waals surface area contributed by atoms with Crippen molar-refractivity contribution in [3.05, 3.63) is 81.9 Å². The molecule has 2 aromatic rings. The number of nitrogens with two attached hydrogens (primary N) is 1. The Bertz CT molecular complexity index is 1220. The van der Waals surface area contributed by atoms with E-state index in [1.54, 1.807) is 38.1 Å². The van der Waals surface area contributed by atoms with Crippen LogP contribution in [0.4, 0.5) is 5.69 Å². The number of para-hydroxylation sites is 1. The highest BCUT2D eigenvalue weighted by Crippen LogP contribution is 2.42. The lowest BCUT2D eigenvalue weighted by atomic mass is 9.82. The van der Waals surface area contributed by atoms with Gasteiger partial charge in [0.25, 0.3) is 5.91 Å². The predicted molar refractivity (Wildman–Crippen MR) is 126 cm³/mol. The van der Waals surface area contributed by atoms with Gasteiger partial charge in [-0.3, -0.25) is 4.79 Å². The smallest absolute Gasteiger partial charge is 0.338 e. The number of hydrogen-bond donors (Lipinski definition) is 2. The standard InChI is InChI=1S/C26H27N3O5/c1-5-32-26(31)23-17(4)34-25(28)19(13-27)24(23)18-10-6-7-12-21(18)33-14-22(30)29-20-11-8-9-15(2)16(20)3/h6-12,24H,5,14,28H2,1-4H3,(H,29,30). The van der Waals surface area contributed by atoms with E-state index in [1.165, 1.54) is 0 Å². The van der Waals surface area contributed by atoms with Crippen molar-refractivity contribution in [2.45, 2.75) is 33.6 Å². The molecule has 1 unspecified atom stereocenters. The van der Waals surface area contributed by atoms with E-state index in [2.05, 4.69) is 5.32 Å². The number of nitrogens with zero attached hydrogens (tertiary/aromatic N) is 1. The number of carbonyl (C=O) groups excluding carboxylic acids is 2. The molecule has 0 spiro atoms. The number of hydrogen-bond acceptors (Lipinski definition) is 7. The molecule has 8 heteroatoms. The number of aryl methyl sites for hydroxylation is 1. The summed E-state index contributed by atoms with van der Waals surface area (Å²) in [6, 6.07) is 14.6. The van der Waals surface area contributed by atoms with Crippen LogP contribution in [0.25, 0.3) is 0 Å². The largest absolute Gasteiger partial charge is 0.483 e. The van der Waals surface area contributed by atoms with Gasteiger partial charge < -0.3 is 25.3 Å². The van der Waals surface area contributed by atoms with Crippen LogP contribution in [0, 0.1) is 25.2 Å². The van der Waals surface area contributed by atoms with Crippen molar-refractivity contribution in [3.63, 3.8) is 0 Å². The molecule has 1 amide bonds. The van der Waals surface area contributed by atoms with Crippen LogP contribution in [0.3, 0.4) is 0 Å². The van der Waals surface area contributed by atoms with Crippen LogP contribution in [0.5, 0.6) is 5.75 Å². The highest BCUT2D eigenvalue weighted by Gasteiger charge is 2.37. The number of rotatable bonds is 7. The molecule has 1 heterocycles. The number of amides is 1. The third kappa shape index (κ3) is 5.04. The Balaban J connectivity index is 1.91. The second kappa shape index (κ2) is 10.6. The molecule has 34 heavy (non-hydrogen) atoms. The Labute approximate surface area is 198 Å². The van der Waals surface area contributed by atoms with Crippen LogP contribution in [-0.4, -0.2) is 25.1 Å². The molecule has 0 fully saturated rings. The van der Waals surface area contributed by atoms with Crippen LogP contribution < -0.4 is 15.8 Å². The second-order valence-corrected chi connectivity index (χ2v) is 7.74. The fourth-order valence-electron chi connectivity index (χ4n) is 3.73. The van der Waals surface area contributed by atoms with Crippen LogP contribution in [0.15, 0.2) is 65.3 Å². The third-order valence-corrected chi connectivity index (χ3v) is 5.57. The van der Waals surface area contributed by atoms with Gasteiger partial charge in [-0.05, 0) is 51.0 Å². The number of carbonyl (C=O) groups is 2. The van der Waals surface area contributed by atoms with Gasteiger partial charge in [-0.25, -0.2) is 4.79 Å². The predicted octanol–water partition coefficient (Wildman–Crippen LogP) is 3.97.